The number of esters is 1. The average molecular weight is 247 g/mol. The summed E-state index contributed by atoms with van der Waals surface area (Å²) in [7, 11) is 0. The number of halogens is 2. The van der Waals surface area contributed by atoms with Gasteiger partial charge in [-0.3, -0.25) is 0 Å². The molecular weight excluding hydrogens is 235 g/mol. The minimum absolute atomic E-state index is 0.251. The van der Waals surface area contributed by atoms with Crippen molar-refractivity contribution in [2.24, 2.45) is 0 Å². The summed E-state index contributed by atoms with van der Waals surface area (Å²) in [5.74, 6) is -0.420. The van der Waals surface area contributed by atoms with E-state index in [1.54, 1.807) is 18.2 Å². The van der Waals surface area contributed by atoms with Crippen LogP contribution in [0.15, 0.2) is 18.2 Å². The second kappa shape index (κ2) is 5.99. The molecule has 0 radical (unpaired) electrons. The molecule has 0 saturated carbocycles. The molecule has 0 N–H and O–H groups in total. The Labute approximate surface area is 99.1 Å². The van der Waals surface area contributed by atoms with Gasteiger partial charge in [0.05, 0.1) is 22.2 Å². The highest BCUT2D eigenvalue weighted by atomic mass is 35.5. The first-order chi connectivity index (χ1) is 7.16. The molecule has 0 heterocycles. The number of carbonyl (C=O) groups is 1. The minimum atomic E-state index is -0.420. The van der Waals surface area contributed by atoms with Crippen LogP contribution in [0.3, 0.4) is 0 Å². The van der Waals surface area contributed by atoms with Crippen molar-refractivity contribution in [3.63, 3.8) is 0 Å². The Balaban J connectivity index is 2.69. The highest BCUT2D eigenvalue weighted by molar-refractivity contribution is 6.43. The predicted octanol–water partition coefficient (Wildman–Crippen LogP) is 3.95. The van der Waals surface area contributed by atoms with Gasteiger partial charge in [0.15, 0.2) is 0 Å². The van der Waals surface area contributed by atoms with Gasteiger partial charge in [-0.05, 0) is 18.6 Å². The molecule has 0 aliphatic carbocycles. The van der Waals surface area contributed by atoms with Crippen molar-refractivity contribution >= 4 is 29.2 Å². The summed E-state index contributed by atoms with van der Waals surface area (Å²) in [5, 5.41) is 0.613. The minimum Gasteiger partial charge on any atom is -0.462 e. The Bertz CT molecular complexity index is 350. The molecule has 1 rings (SSSR count). The molecule has 0 amide bonds. The van der Waals surface area contributed by atoms with Crippen molar-refractivity contribution in [2.45, 2.75) is 19.8 Å². The van der Waals surface area contributed by atoms with Gasteiger partial charge in [0.2, 0.25) is 0 Å². The van der Waals surface area contributed by atoms with Crippen molar-refractivity contribution in [1.29, 1.82) is 0 Å². The van der Waals surface area contributed by atoms with Crippen LogP contribution < -0.4 is 0 Å². The van der Waals surface area contributed by atoms with E-state index in [1.165, 1.54) is 0 Å². The number of hydrogen-bond donors (Lipinski definition) is 0. The zero-order chi connectivity index (χ0) is 11.3. The van der Waals surface area contributed by atoms with Crippen LogP contribution in [0.5, 0.6) is 0 Å². The molecule has 0 fully saturated rings. The number of hydrogen-bond acceptors (Lipinski definition) is 2. The zero-order valence-corrected chi connectivity index (χ0v) is 9.94. The predicted molar refractivity (Wildman–Crippen MR) is 61.7 cm³/mol. The Morgan fingerprint density at radius 1 is 1.40 bits per heavy atom. The zero-order valence-electron chi connectivity index (χ0n) is 8.43. The van der Waals surface area contributed by atoms with Gasteiger partial charge in [-0.1, -0.05) is 42.6 Å². The van der Waals surface area contributed by atoms with Crippen LogP contribution in [-0.4, -0.2) is 12.6 Å². The molecule has 0 aliphatic rings. The van der Waals surface area contributed by atoms with Crippen LogP contribution >= 0.6 is 23.2 Å². The molecule has 0 aromatic heterocycles. The van der Waals surface area contributed by atoms with Crippen LogP contribution in [0.1, 0.15) is 30.1 Å². The maximum atomic E-state index is 11.5. The van der Waals surface area contributed by atoms with Crippen molar-refractivity contribution in [2.75, 3.05) is 6.61 Å². The van der Waals surface area contributed by atoms with Gasteiger partial charge in [0, 0.05) is 0 Å². The van der Waals surface area contributed by atoms with Gasteiger partial charge in [-0.15, -0.1) is 0 Å². The highest BCUT2D eigenvalue weighted by Crippen LogP contribution is 2.25. The van der Waals surface area contributed by atoms with Crippen LogP contribution in [0.4, 0.5) is 0 Å². The maximum absolute atomic E-state index is 11.5. The lowest BCUT2D eigenvalue weighted by Gasteiger charge is -2.06. The first kappa shape index (κ1) is 12.3. The van der Waals surface area contributed by atoms with Gasteiger partial charge in [0.25, 0.3) is 0 Å². The molecule has 0 saturated heterocycles. The summed E-state index contributed by atoms with van der Waals surface area (Å²) < 4.78 is 5.02. The number of unbranched alkanes of at least 4 members (excludes halogenated alkanes) is 1. The quantitative estimate of drug-likeness (QED) is 0.594. The summed E-state index contributed by atoms with van der Waals surface area (Å²) in [5.41, 5.74) is 0.320. The fourth-order valence-electron chi connectivity index (χ4n) is 1.05. The number of ether oxygens (including phenoxy) is 1. The van der Waals surface area contributed by atoms with Crippen molar-refractivity contribution in [3.05, 3.63) is 33.8 Å². The van der Waals surface area contributed by atoms with E-state index in [1.807, 2.05) is 6.92 Å². The van der Waals surface area contributed by atoms with Crippen LogP contribution in [0, 0.1) is 0 Å². The van der Waals surface area contributed by atoms with E-state index in [-0.39, 0.29) is 5.02 Å². The number of benzene rings is 1. The molecule has 1 aromatic rings. The largest absolute Gasteiger partial charge is 0.462 e. The summed E-state index contributed by atoms with van der Waals surface area (Å²) in [6, 6.07) is 4.90. The fourth-order valence-corrected chi connectivity index (χ4v) is 1.43. The maximum Gasteiger partial charge on any atom is 0.339 e. The molecule has 15 heavy (non-hydrogen) atoms. The highest BCUT2D eigenvalue weighted by Gasteiger charge is 2.13. The molecule has 1 aromatic carbocycles. The Morgan fingerprint density at radius 2 is 2.13 bits per heavy atom. The third-order valence-corrected chi connectivity index (χ3v) is 2.72. The summed E-state index contributed by atoms with van der Waals surface area (Å²) in [4.78, 5) is 11.5. The summed E-state index contributed by atoms with van der Waals surface area (Å²) in [6.45, 7) is 2.44. The molecule has 0 aliphatic heterocycles. The Hall–Kier alpha value is -0.730. The van der Waals surface area contributed by atoms with E-state index in [0.29, 0.717) is 17.2 Å². The second-order valence-electron chi connectivity index (χ2n) is 3.09. The topological polar surface area (TPSA) is 26.3 Å². The standard InChI is InChI=1S/C11H12Cl2O2/c1-2-3-7-15-11(14)8-5-4-6-9(12)10(8)13/h4-6H,2-3,7H2,1H3. The second-order valence-corrected chi connectivity index (χ2v) is 3.88. The monoisotopic (exact) mass is 246 g/mol. The number of rotatable bonds is 4. The van der Waals surface area contributed by atoms with Gasteiger partial charge in [0.1, 0.15) is 0 Å². The van der Waals surface area contributed by atoms with E-state index in [2.05, 4.69) is 0 Å². The SMILES string of the molecule is CCCCOC(=O)c1cccc(Cl)c1Cl. The summed E-state index contributed by atoms with van der Waals surface area (Å²) in [6.07, 6.45) is 1.83. The third-order valence-electron chi connectivity index (χ3n) is 1.90. The van der Waals surface area contributed by atoms with Crippen molar-refractivity contribution in [1.82, 2.24) is 0 Å². The van der Waals surface area contributed by atoms with Gasteiger partial charge in [-0.25, -0.2) is 4.79 Å². The molecule has 0 bridgehead atoms. The molecular formula is C11H12Cl2O2. The first-order valence-corrected chi connectivity index (χ1v) is 5.53. The molecule has 2 nitrogen and oxygen atoms in total. The van der Waals surface area contributed by atoms with E-state index >= 15 is 0 Å². The van der Waals surface area contributed by atoms with Gasteiger partial charge < -0.3 is 4.74 Å². The average Bonchev–Trinajstić information content (AvgIpc) is 2.22. The fraction of sp³-hybridized carbons (Fsp3) is 0.364. The lowest BCUT2D eigenvalue weighted by molar-refractivity contribution is 0.0500. The lowest BCUT2D eigenvalue weighted by atomic mass is 10.2. The van der Waals surface area contributed by atoms with E-state index in [0.717, 1.165) is 12.8 Å². The molecule has 4 heteroatoms. The van der Waals surface area contributed by atoms with Gasteiger partial charge in [-0.2, -0.15) is 0 Å². The van der Waals surface area contributed by atoms with Crippen LogP contribution in [0.25, 0.3) is 0 Å². The molecule has 0 unspecified atom stereocenters. The van der Waals surface area contributed by atoms with Crippen molar-refractivity contribution in [3.8, 4) is 0 Å². The first-order valence-electron chi connectivity index (χ1n) is 4.78. The Morgan fingerprint density at radius 3 is 2.80 bits per heavy atom. The van der Waals surface area contributed by atoms with E-state index in [4.69, 9.17) is 27.9 Å². The smallest absolute Gasteiger partial charge is 0.339 e. The van der Waals surface area contributed by atoms with E-state index < -0.39 is 5.97 Å². The molecule has 0 spiro atoms. The van der Waals surface area contributed by atoms with E-state index in [9.17, 15) is 4.79 Å². The van der Waals surface area contributed by atoms with Crippen molar-refractivity contribution < 1.29 is 9.53 Å². The molecule has 0 atom stereocenters. The Kier molecular flexibility index (Phi) is 4.92. The summed E-state index contributed by atoms with van der Waals surface area (Å²) >= 11 is 11.6. The number of carbonyl (C=O) groups excluding carboxylic acids is 1. The molecule has 82 valence electrons. The normalized spacial score (nSPS) is 10.1. The van der Waals surface area contributed by atoms with Crippen LogP contribution in [0.2, 0.25) is 10.0 Å². The lowest BCUT2D eigenvalue weighted by Crippen LogP contribution is -2.07. The third kappa shape index (κ3) is 3.40. The van der Waals surface area contributed by atoms with Crippen LogP contribution in [-0.2, 0) is 4.74 Å². The van der Waals surface area contributed by atoms with Gasteiger partial charge >= 0.3 is 5.97 Å².